The number of hydrogen-bond acceptors (Lipinski definition) is 5. The zero-order chi connectivity index (χ0) is 18.5. The van der Waals surface area contributed by atoms with E-state index in [0.29, 0.717) is 11.3 Å². The number of nitrogens with zero attached hydrogens (tertiary/aromatic N) is 2. The molecule has 6 heteroatoms. The molecular weight excluding hydrogens is 344 g/mol. The highest BCUT2D eigenvalue weighted by molar-refractivity contribution is 6.06. The number of carbonyl (C=O) groups is 3. The van der Waals surface area contributed by atoms with Gasteiger partial charge < -0.3 is 4.74 Å². The van der Waals surface area contributed by atoms with Crippen molar-refractivity contribution in [2.24, 2.45) is 23.7 Å². The molecule has 0 spiro atoms. The number of ether oxygens (including phenoxy) is 1. The average Bonchev–Trinajstić information content (AvgIpc) is 3.35. The molecule has 1 saturated heterocycles. The minimum absolute atomic E-state index is 0.0249. The summed E-state index contributed by atoms with van der Waals surface area (Å²) in [6.07, 6.45) is 6.63. The predicted octanol–water partition coefficient (Wildman–Crippen LogP) is 2.34. The van der Waals surface area contributed by atoms with Crippen molar-refractivity contribution < 1.29 is 19.1 Å². The highest BCUT2D eigenvalue weighted by Crippen LogP contribution is 2.52. The fourth-order valence-corrected chi connectivity index (χ4v) is 4.72. The maximum atomic E-state index is 12.6. The maximum Gasteiger partial charge on any atom is 0.313 e. The summed E-state index contributed by atoms with van der Waals surface area (Å²) in [6.45, 7) is 0.0706. The third kappa shape index (κ3) is 2.47. The molecule has 4 atom stereocenters. The van der Waals surface area contributed by atoms with Crippen LogP contribution < -0.4 is 4.74 Å². The second kappa shape index (κ2) is 6.01. The number of rotatable bonds is 4. The normalized spacial score (nSPS) is 28.2. The van der Waals surface area contributed by atoms with Gasteiger partial charge in [0.2, 0.25) is 11.8 Å². The van der Waals surface area contributed by atoms with Gasteiger partial charge in [-0.05, 0) is 30.4 Å². The van der Waals surface area contributed by atoms with Crippen molar-refractivity contribution in [2.45, 2.75) is 12.8 Å². The van der Waals surface area contributed by atoms with Crippen LogP contribution in [0.4, 0.5) is 0 Å². The minimum atomic E-state index is -0.480. The molecule has 2 aliphatic carbocycles. The Hall–Kier alpha value is -3.02. The smallest absolute Gasteiger partial charge is 0.313 e. The van der Waals surface area contributed by atoms with Crippen LogP contribution in [0.5, 0.6) is 5.75 Å². The van der Waals surface area contributed by atoms with E-state index in [4.69, 9.17) is 4.74 Å². The van der Waals surface area contributed by atoms with Gasteiger partial charge in [0, 0.05) is 18.1 Å². The number of aromatic nitrogens is 1. The lowest BCUT2D eigenvalue weighted by atomic mass is 9.85. The summed E-state index contributed by atoms with van der Waals surface area (Å²) in [4.78, 5) is 43.1. The molecule has 0 unspecified atom stereocenters. The predicted molar refractivity (Wildman–Crippen MR) is 96.4 cm³/mol. The van der Waals surface area contributed by atoms with Gasteiger partial charge in [0.25, 0.3) is 0 Å². The van der Waals surface area contributed by atoms with Crippen LogP contribution in [0, 0.1) is 23.7 Å². The number of carbonyl (C=O) groups excluding carboxylic acids is 3. The second-order valence-corrected chi connectivity index (χ2v) is 7.38. The van der Waals surface area contributed by atoms with Gasteiger partial charge in [0.1, 0.15) is 5.52 Å². The molecule has 2 bridgehead atoms. The molecule has 2 heterocycles. The Labute approximate surface area is 155 Å². The number of imide groups is 1. The number of pyridine rings is 1. The van der Waals surface area contributed by atoms with Gasteiger partial charge in [0.05, 0.1) is 18.3 Å². The van der Waals surface area contributed by atoms with Gasteiger partial charge in [-0.2, -0.15) is 0 Å². The average molecular weight is 362 g/mol. The van der Waals surface area contributed by atoms with E-state index in [1.54, 1.807) is 18.3 Å². The number of hydrogen-bond donors (Lipinski definition) is 0. The van der Waals surface area contributed by atoms with Crippen molar-refractivity contribution in [2.75, 3.05) is 6.54 Å². The molecule has 1 aromatic carbocycles. The van der Waals surface area contributed by atoms with E-state index in [0.717, 1.165) is 11.8 Å². The molecule has 5 rings (SSSR count). The molecule has 3 aliphatic rings. The first-order valence-electron chi connectivity index (χ1n) is 9.21. The van der Waals surface area contributed by atoms with E-state index in [-0.39, 0.29) is 48.5 Å². The van der Waals surface area contributed by atoms with Gasteiger partial charge in [-0.25, -0.2) is 0 Å². The van der Waals surface area contributed by atoms with Crippen molar-refractivity contribution in [3.05, 3.63) is 48.7 Å². The standard InChI is InChI=1S/C21H18N2O4/c24-16(27-15-5-1-3-12-4-2-9-22-19(12)15)8-10-23-20(25)17-13-6-7-14(11-13)18(17)21(23)26/h1-7,9,13-14,17-18H,8,10-11H2/t13-,14+,17+,18-. The highest BCUT2D eigenvalue weighted by Gasteiger charge is 2.59. The number of likely N-dealkylation sites (tertiary alicyclic amines) is 1. The van der Waals surface area contributed by atoms with Crippen molar-refractivity contribution in [3.63, 3.8) is 0 Å². The number of fused-ring (bicyclic) bond motifs is 6. The molecule has 2 fully saturated rings. The SMILES string of the molecule is O=C(CCN1C(=O)[C@@H]2[C@H](C1=O)[C@H]1C=C[C@@H]2C1)Oc1cccc2cccnc12. The summed E-state index contributed by atoms with van der Waals surface area (Å²) < 4.78 is 5.44. The number of amides is 2. The first kappa shape index (κ1) is 16.2. The second-order valence-electron chi connectivity index (χ2n) is 7.38. The zero-order valence-corrected chi connectivity index (χ0v) is 14.6. The molecule has 27 heavy (non-hydrogen) atoms. The van der Waals surface area contributed by atoms with Crippen LogP contribution in [0.1, 0.15) is 12.8 Å². The zero-order valence-electron chi connectivity index (χ0n) is 14.6. The fourth-order valence-electron chi connectivity index (χ4n) is 4.72. The lowest BCUT2D eigenvalue weighted by Crippen LogP contribution is -2.35. The molecule has 2 amide bonds. The molecule has 2 aromatic rings. The topological polar surface area (TPSA) is 76.6 Å². The Morgan fingerprint density at radius 1 is 1.07 bits per heavy atom. The monoisotopic (exact) mass is 362 g/mol. The summed E-state index contributed by atoms with van der Waals surface area (Å²) in [5, 5.41) is 0.878. The number of benzene rings is 1. The lowest BCUT2D eigenvalue weighted by molar-refractivity contribution is -0.142. The highest BCUT2D eigenvalue weighted by atomic mass is 16.5. The van der Waals surface area contributed by atoms with Crippen LogP contribution >= 0.6 is 0 Å². The quantitative estimate of drug-likeness (QED) is 0.361. The van der Waals surface area contributed by atoms with Gasteiger partial charge in [0.15, 0.2) is 5.75 Å². The van der Waals surface area contributed by atoms with E-state index in [2.05, 4.69) is 17.1 Å². The summed E-state index contributed by atoms with van der Waals surface area (Å²) in [5.41, 5.74) is 0.610. The molecule has 1 aromatic heterocycles. The molecular formula is C21H18N2O4. The van der Waals surface area contributed by atoms with Crippen molar-refractivity contribution in [1.82, 2.24) is 9.88 Å². The van der Waals surface area contributed by atoms with Gasteiger partial charge >= 0.3 is 5.97 Å². The van der Waals surface area contributed by atoms with E-state index >= 15 is 0 Å². The van der Waals surface area contributed by atoms with Gasteiger partial charge in [-0.1, -0.05) is 30.4 Å². The third-order valence-corrected chi connectivity index (χ3v) is 5.92. The van der Waals surface area contributed by atoms with Crippen molar-refractivity contribution >= 4 is 28.7 Å². The Balaban J connectivity index is 1.26. The summed E-state index contributed by atoms with van der Waals surface area (Å²) in [6, 6.07) is 9.08. The Morgan fingerprint density at radius 2 is 1.78 bits per heavy atom. The van der Waals surface area contributed by atoms with Crippen molar-refractivity contribution in [3.8, 4) is 5.75 Å². The first-order valence-corrected chi connectivity index (χ1v) is 9.21. The maximum absolute atomic E-state index is 12.6. The molecule has 136 valence electrons. The van der Waals surface area contributed by atoms with E-state index in [1.165, 1.54) is 4.90 Å². The summed E-state index contributed by atoms with van der Waals surface area (Å²) >= 11 is 0. The van der Waals surface area contributed by atoms with Gasteiger partial charge in [-0.3, -0.25) is 24.3 Å². The van der Waals surface area contributed by atoms with Crippen LogP contribution in [0.3, 0.4) is 0 Å². The van der Waals surface area contributed by atoms with Crippen LogP contribution in [0.25, 0.3) is 10.9 Å². The van der Waals surface area contributed by atoms with Crippen LogP contribution in [0.2, 0.25) is 0 Å². The first-order chi connectivity index (χ1) is 13.1. The summed E-state index contributed by atoms with van der Waals surface area (Å²) in [5.74, 6) is -0.479. The number of allylic oxidation sites excluding steroid dienone is 2. The van der Waals surface area contributed by atoms with E-state index < -0.39 is 5.97 Å². The number of para-hydroxylation sites is 1. The third-order valence-electron chi connectivity index (χ3n) is 5.92. The van der Waals surface area contributed by atoms with E-state index in [1.807, 2.05) is 18.2 Å². The molecule has 1 saturated carbocycles. The van der Waals surface area contributed by atoms with Gasteiger partial charge in [-0.15, -0.1) is 0 Å². The van der Waals surface area contributed by atoms with Crippen molar-refractivity contribution in [1.29, 1.82) is 0 Å². The van der Waals surface area contributed by atoms with Crippen LogP contribution in [0.15, 0.2) is 48.7 Å². The molecule has 1 aliphatic heterocycles. The lowest BCUT2D eigenvalue weighted by Gasteiger charge is -2.16. The number of esters is 1. The minimum Gasteiger partial charge on any atom is -0.424 e. The summed E-state index contributed by atoms with van der Waals surface area (Å²) in [7, 11) is 0. The largest absolute Gasteiger partial charge is 0.424 e. The molecule has 0 radical (unpaired) electrons. The van der Waals surface area contributed by atoms with Crippen LogP contribution in [-0.4, -0.2) is 34.2 Å². The Bertz CT molecular complexity index is 963. The Morgan fingerprint density at radius 3 is 2.52 bits per heavy atom. The molecule has 0 N–H and O–H groups in total. The Kier molecular flexibility index (Phi) is 3.60. The molecule has 6 nitrogen and oxygen atoms in total. The van der Waals surface area contributed by atoms with Crippen LogP contribution in [-0.2, 0) is 14.4 Å². The van der Waals surface area contributed by atoms with E-state index in [9.17, 15) is 14.4 Å². The fraction of sp³-hybridized carbons (Fsp3) is 0.333.